The molecular weight excluding hydrogens is 392 g/mol. The largest absolute Gasteiger partial charge is 0.392 e. The SMILES string of the molecule is CC(C)=CCC/C(=C/CC/C(C)=C/CC/C=C(\C)CC/C=C(\C)CCC1OC1(C)C)CO. The maximum atomic E-state index is 9.52. The van der Waals surface area contributed by atoms with Crippen LogP contribution in [0.25, 0.3) is 0 Å². The fourth-order valence-electron chi connectivity index (χ4n) is 3.91. The highest BCUT2D eigenvalue weighted by molar-refractivity contribution is 5.09. The molecule has 0 spiro atoms. The zero-order valence-corrected chi connectivity index (χ0v) is 22.1. The van der Waals surface area contributed by atoms with Crippen molar-refractivity contribution in [1.82, 2.24) is 0 Å². The van der Waals surface area contributed by atoms with Crippen LogP contribution in [0.5, 0.6) is 0 Å². The first-order chi connectivity index (χ1) is 15.1. The quantitative estimate of drug-likeness (QED) is 0.147. The molecule has 0 bridgehead atoms. The Morgan fingerprint density at radius 2 is 1.16 bits per heavy atom. The van der Waals surface area contributed by atoms with Gasteiger partial charge >= 0.3 is 0 Å². The van der Waals surface area contributed by atoms with Crippen LogP contribution in [0.3, 0.4) is 0 Å². The van der Waals surface area contributed by atoms with Gasteiger partial charge in [-0.25, -0.2) is 0 Å². The molecule has 1 N–H and O–H groups in total. The number of epoxide rings is 1. The molecule has 1 atom stereocenters. The Bertz CT molecular complexity index is 696. The summed E-state index contributed by atoms with van der Waals surface area (Å²) in [5.41, 5.74) is 7.09. The van der Waals surface area contributed by atoms with Gasteiger partial charge < -0.3 is 9.84 Å². The first-order valence-corrected chi connectivity index (χ1v) is 12.7. The Hall–Kier alpha value is -1.38. The molecule has 0 aromatic heterocycles. The van der Waals surface area contributed by atoms with Crippen LogP contribution in [0.4, 0.5) is 0 Å². The van der Waals surface area contributed by atoms with Gasteiger partial charge in [-0.05, 0) is 118 Å². The molecule has 2 heteroatoms. The van der Waals surface area contributed by atoms with Crippen molar-refractivity contribution < 1.29 is 9.84 Å². The van der Waals surface area contributed by atoms with Crippen LogP contribution in [-0.4, -0.2) is 23.4 Å². The minimum atomic E-state index is 0.122. The fraction of sp³-hybridized carbons (Fsp3) is 0.667. The Balaban J connectivity index is 2.20. The van der Waals surface area contributed by atoms with Gasteiger partial charge in [0.1, 0.15) is 0 Å². The highest BCUT2D eigenvalue weighted by Gasteiger charge is 2.46. The number of hydrogen-bond acceptors (Lipinski definition) is 2. The summed E-state index contributed by atoms with van der Waals surface area (Å²) in [6.07, 6.45) is 23.1. The first kappa shape index (κ1) is 28.7. The van der Waals surface area contributed by atoms with Crippen molar-refractivity contribution in [2.75, 3.05) is 6.61 Å². The van der Waals surface area contributed by atoms with E-state index in [9.17, 15) is 5.11 Å². The number of unbranched alkanes of at least 4 members (excludes halogenated alkanes) is 1. The number of allylic oxidation sites excluding steroid dienone is 9. The van der Waals surface area contributed by atoms with Gasteiger partial charge in [-0.15, -0.1) is 0 Å². The zero-order chi connectivity index (χ0) is 24.0. The molecule has 1 rings (SSSR count). The Kier molecular flexibility index (Phi) is 13.8. The third-order valence-electron chi connectivity index (χ3n) is 6.34. The highest BCUT2D eigenvalue weighted by atomic mass is 16.6. The maximum absolute atomic E-state index is 9.52. The van der Waals surface area contributed by atoms with Crippen molar-refractivity contribution in [3.8, 4) is 0 Å². The molecule has 0 saturated carbocycles. The lowest BCUT2D eigenvalue weighted by Crippen LogP contribution is -2.02. The molecule has 1 aliphatic heterocycles. The monoisotopic (exact) mass is 442 g/mol. The van der Waals surface area contributed by atoms with E-state index in [4.69, 9.17) is 4.74 Å². The molecular formula is C30H50O2. The van der Waals surface area contributed by atoms with E-state index in [-0.39, 0.29) is 12.2 Å². The molecule has 182 valence electrons. The minimum absolute atomic E-state index is 0.122. The summed E-state index contributed by atoms with van der Waals surface area (Å²) in [7, 11) is 0. The molecule has 0 aliphatic carbocycles. The van der Waals surface area contributed by atoms with E-state index in [2.05, 4.69) is 78.8 Å². The number of hydrogen-bond donors (Lipinski definition) is 1. The summed E-state index contributed by atoms with van der Waals surface area (Å²) in [6.45, 7) is 15.5. The van der Waals surface area contributed by atoms with E-state index in [0.717, 1.165) is 64.2 Å². The van der Waals surface area contributed by atoms with E-state index in [0.29, 0.717) is 6.10 Å². The Morgan fingerprint density at radius 1 is 0.688 bits per heavy atom. The van der Waals surface area contributed by atoms with Crippen LogP contribution in [0, 0.1) is 0 Å². The first-order valence-electron chi connectivity index (χ1n) is 12.7. The van der Waals surface area contributed by atoms with Crippen LogP contribution in [-0.2, 0) is 4.74 Å². The van der Waals surface area contributed by atoms with Gasteiger partial charge in [0.2, 0.25) is 0 Å². The van der Waals surface area contributed by atoms with Crippen LogP contribution in [0.1, 0.15) is 113 Å². The van der Waals surface area contributed by atoms with Crippen LogP contribution < -0.4 is 0 Å². The topological polar surface area (TPSA) is 32.8 Å². The van der Waals surface area contributed by atoms with Crippen molar-refractivity contribution in [3.05, 3.63) is 58.2 Å². The Morgan fingerprint density at radius 3 is 1.66 bits per heavy atom. The molecule has 2 nitrogen and oxygen atoms in total. The molecule has 1 saturated heterocycles. The lowest BCUT2D eigenvalue weighted by atomic mass is 10.0. The summed E-state index contributed by atoms with van der Waals surface area (Å²) in [4.78, 5) is 0. The number of rotatable bonds is 16. The molecule has 1 heterocycles. The molecule has 0 radical (unpaired) electrons. The van der Waals surface area contributed by atoms with E-state index >= 15 is 0 Å². The van der Waals surface area contributed by atoms with E-state index in [1.807, 2.05) is 0 Å². The summed E-state index contributed by atoms with van der Waals surface area (Å²) >= 11 is 0. The van der Waals surface area contributed by atoms with Gasteiger partial charge in [0.05, 0.1) is 18.3 Å². The Labute approximate surface area is 199 Å². The lowest BCUT2D eigenvalue weighted by molar-refractivity contribution is 0.320. The van der Waals surface area contributed by atoms with Gasteiger partial charge in [-0.3, -0.25) is 0 Å². The van der Waals surface area contributed by atoms with Gasteiger partial charge in [0.15, 0.2) is 0 Å². The average molecular weight is 443 g/mol. The van der Waals surface area contributed by atoms with Crippen molar-refractivity contribution in [2.24, 2.45) is 0 Å². The molecule has 1 aliphatic rings. The number of aliphatic hydroxyl groups excluding tert-OH is 1. The normalized spacial score (nSPS) is 19.3. The standard InChI is InChI=1S/C30H50O2/c1-24(2)13-10-19-28(23-31)20-12-18-26(4)15-9-8-14-25(3)16-11-17-27(5)21-22-29-30(6,7)32-29/h13-15,17,20,29,31H,8-12,16,18-19,21-23H2,1-7H3/b25-14+,26-15+,27-17+,28-20-. The number of aliphatic hydroxyl groups is 1. The van der Waals surface area contributed by atoms with Crippen LogP contribution >= 0.6 is 0 Å². The fourth-order valence-corrected chi connectivity index (χ4v) is 3.91. The molecule has 32 heavy (non-hydrogen) atoms. The predicted octanol–water partition coefficient (Wildman–Crippen LogP) is 8.79. The maximum Gasteiger partial charge on any atom is 0.0892 e. The van der Waals surface area contributed by atoms with Crippen LogP contribution in [0.15, 0.2) is 58.2 Å². The smallest absolute Gasteiger partial charge is 0.0892 e. The zero-order valence-electron chi connectivity index (χ0n) is 22.1. The number of ether oxygens (including phenoxy) is 1. The van der Waals surface area contributed by atoms with Gasteiger partial charge in [-0.2, -0.15) is 0 Å². The summed E-state index contributed by atoms with van der Waals surface area (Å²) in [5, 5.41) is 9.52. The minimum Gasteiger partial charge on any atom is -0.392 e. The second kappa shape index (κ2) is 15.5. The molecule has 1 unspecified atom stereocenters. The molecule has 0 aromatic rings. The van der Waals surface area contributed by atoms with Crippen molar-refractivity contribution >= 4 is 0 Å². The van der Waals surface area contributed by atoms with Gasteiger partial charge in [-0.1, -0.05) is 52.7 Å². The second-order valence-corrected chi connectivity index (χ2v) is 10.4. The lowest BCUT2D eigenvalue weighted by Gasteiger charge is -2.04. The van der Waals surface area contributed by atoms with Crippen molar-refractivity contribution in [3.63, 3.8) is 0 Å². The van der Waals surface area contributed by atoms with Crippen LogP contribution in [0.2, 0.25) is 0 Å². The molecule has 0 aromatic carbocycles. The van der Waals surface area contributed by atoms with Crippen molar-refractivity contribution in [2.45, 2.75) is 124 Å². The third kappa shape index (κ3) is 13.9. The summed E-state index contributed by atoms with van der Waals surface area (Å²) in [6, 6.07) is 0. The molecule has 0 amide bonds. The van der Waals surface area contributed by atoms with E-state index in [1.165, 1.54) is 27.9 Å². The molecule has 1 fully saturated rings. The van der Waals surface area contributed by atoms with E-state index in [1.54, 1.807) is 0 Å². The summed E-state index contributed by atoms with van der Waals surface area (Å²) in [5.74, 6) is 0. The van der Waals surface area contributed by atoms with Crippen molar-refractivity contribution in [1.29, 1.82) is 0 Å². The average Bonchev–Trinajstić information content (AvgIpc) is 3.34. The third-order valence-corrected chi connectivity index (χ3v) is 6.34. The highest BCUT2D eigenvalue weighted by Crippen LogP contribution is 2.38. The predicted molar refractivity (Wildman–Crippen MR) is 141 cm³/mol. The summed E-state index contributed by atoms with van der Waals surface area (Å²) < 4.78 is 5.67. The van der Waals surface area contributed by atoms with Gasteiger partial charge in [0.25, 0.3) is 0 Å². The van der Waals surface area contributed by atoms with E-state index < -0.39 is 0 Å². The second-order valence-electron chi connectivity index (χ2n) is 10.4. The van der Waals surface area contributed by atoms with Gasteiger partial charge in [0, 0.05) is 0 Å².